The quantitative estimate of drug-likeness (QED) is 0.550. The van der Waals surface area contributed by atoms with Gasteiger partial charge in [0, 0.05) is 22.1 Å². The molecule has 0 saturated carbocycles. The Labute approximate surface area is 174 Å². The van der Waals surface area contributed by atoms with Crippen LogP contribution in [0.4, 0.5) is 4.39 Å². The van der Waals surface area contributed by atoms with Gasteiger partial charge in [0.05, 0.1) is 30.1 Å². The minimum Gasteiger partial charge on any atom is -0.379 e. The average molecular weight is 408 g/mol. The van der Waals surface area contributed by atoms with Crippen LogP contribution >= 0.6 is 0 Å². The summed E-state index contributed by atoms with van der Waals surface area (Å²) in [7, 11) is 0. The smallest absolute Gasteiger partial charge is 0.257 e. The van der Waals surface area contributed by atoms with Crippen molar-refractivity contribution < 1.29 is 14.2 Å². The molecular weight excluding hydrogens is 383 g/mol. The van der Waals surface area contributed by atoms with Gasteiger partial charge in [0.25, 0.3) is 5.56 Å². The molecule has 0 spiro atoms. The van der Waals surface area contributed by atoms with E-state index in [2.05, 4.69) is 13.0 Å². The van der Waals surface area contributed by atoms with Crippen LogP contribution in [0.3, 0.4) is 0 Å². The minimum atomic E-state index is -1.86. The fourth-order valence-corrected chi connectivity index (χ4v) is 4.83. The highest BCUT2D eigenvalue weighted by Gasteiger charge is 2.45. The number of unbranched alkanes of at least 4 members (excludes halogenated alkanes) is 1. The molecule has 2 aromatic heterocycles. The first-order valence-electron chi connectivity index (χ1n) is 10.7. The molecule has 0 fully saturated rings. The lowest BCUT2D eigenvalue weighted by molar-refractivity contribution is -0.198. The molecule has 2 aliphatic heterocycles. The van der Waals surface area contributed by atoms with Gasteiger partial charge in [0.15, 0.2) is 0 Å². The van der Waals surface area contributed by atoms with E-state index in [4.69, 9.17) is 9.72 Å². The fourth-order valence-electron chi connectivity index (χ4n) is 4.83. The van der Waals surface area contributed by atoms with E-state index >= 15 is 0 Å². The van der Waals surface area contributed by atoms with E-state index in [0.29, 0.717) is 23.4 Å². The first-order valence-corrected chi connectivity index (χ1v) is 10.7. The Bertz CT molecular complexity index is 1220. The van der Waals surface area contributed by atoms with E-state index in [0.717, 1.165) is 41.4 Å². The number of pyridine rings is 2. The molecule has 0 aliphatic carbocycles. The molecular formula is C24H25FN2O3. The van der Waals surface area contributed by atoms with Crippen molar-refractivity contribution in [1.82, 2.24) is 9.55 Å². The van der Waals surface area contributed by atoms with Crippen LogP contribution in [0.25, 0.3) is 22.3 Å². The molecule has 0 unspecified atom stereocenters. The first kappa shape index (κ1) is 19.4. The maximum atomic E-state index is 14.5. The van der Waals surface area contributed by atoms with Crippen molar-refractivity contribution >= 4 is 10.9 Å². The third-order valence-electron chi connectivity index (χ3n) is 6.61. The van der Waals surface area contributed by atoms with E-state index in [9.17, 15) is 14.3 Å². The minimum absolute atomic E-state index is 0.115. The molecule has 1 aromatic carbocycles. The molecule has 5 rings (SSSR count). The Balaban J connectivity index is 1.79. The van der Waals surface area contributed by atoms with Crippen molar-refractivity contribution in [2.24, 2.45) is 0 Å². The summed E-state index contributed by atoms with van der Waals surface area (Å²) in [5.74, 6) is 0. The highest BCUT2D eigenvalue weighted by molar-refractivity contribution is 5.88. The summed E-state index contributed by atoms with van der Waals surface area (Å²) >= 11 is 0. The van der Waals surface area contributed by atoms with Crippen LogP contribution in [0.15, 0.2) is 35.1 Å². The number of hydrogen-bond donors (Lipinski definition) is 1. The summed E-state index contributed by atoms with van der Waals surface area (Å²) in [6.45, 7) is 4.16. The van der Waals surface area contributed by atoms with Crippen molar-refractivity contribution in [3.8, 4) is 11.4 Å². The van der Waals surface area contributed by atoms with Crippen molar-refractivity contribution in [2.75, 3.05) is 0 Å². The average Bonchev–Trinajstić information content (AvgIpc) is 3.13. The van der Waals surface area contributed by atoms with Crippen molar-refractivity contribution in [1.29, 1.82) is 0 Å². The molecule has 0 radical (unpaired) electrons. The number of nitrogens with zero attached hydrogens (tertiary/aromatic N) is 2. The normalized spacial score (nSPS) is 22.1. The van der Waals surface area contributed by atoms with Crippen LogP contribution < -0.4 is 5.56 Å². The summed E-state index contributed by atoms with van der Waals surface area (Å²) < 4.78 is 21.3. The summed E-state index contributed by atoms with van der Waals surface area (Å²) in [6.07, 6.45) is 1.30. The highest BCUT2D eigenvalue weighted by Crippen LogP contribution is 2.42. The zero-order valence-corrected chi connectivity index (χ0v) is 17.2. The lowest BCUT2D eigenvalue weighted by Crippen LogP contribution is -2.45. The topological polar surface area (TPSA) is 64.4 Å². The zero-order valence-electron chi connectivity index (χ0n) is 17.2. The molecule has 30 heavy (non-hydrogen) atoms. The number of fused-ring (bicyclic) bond motifs is 5. The molecule has 5 nitrogen and oxygen atoms in total. The van der Waals surface area contributed by atoms with E-state index in [-0.39, 0.29) is 18.6 Å². The van der Waals surface area contributed by atoms with Crippen LogP contribution in [0, 0.1) is 0 Å². The van der Waals surface area contributed by atoms with Gasteiger partial charge in [0.1, 0.15) is 5.60 Å². The van der Waals surface area contributed by atoms with Crippen molar-refractivity contribution in [3.63, 3.8) is 0 Å². The zero-order chi connectivity index (χ0) is 21.0. The van der Waals surface area contributed by atoms with Crippen molar-refractivity contribution in [2.45, 2.75) is 64.6 Å². The number of halogens is 1. The maximum Gasteiger partial charge on any atom is 0.257 e. The number of benzene rings is 1. The Morgan fingerprint density at radius 2 is 2.10 bits per heavy atom. The maximum absolute atomic E-state index is 14.5. The largest absolute Gasteiger partial charge is 0.379 e. The Hall–Kier alpha value is -2.57. The highest BCUT2D eigenvalue weighted by atomic mass is 19.1. The molecule has 0 amide bonds. The number of aryl methyl sites for hydroxylation is 1. The van der Waals surface area contributed by atoms with Gasteiger partial charge in [0.2, 0.25) is 6.36 Å². The Kier molecular flexibility index (Phi) is 4.52. The van der Waals surface area contributed by atoms with Gasteiger partial charge in [-0.3, -0.25) is 4.79 Å². The van der Waals surface area contributed by atoms with E-state index in [1.54, 1.807) is 17.6 Å². The van der Waals surface area contributed by atoms with E-state index in [1.807, 2.05) is 18.2 Å². The Morgan fingerprint density at radius 1 is 1.30 bits per heavy atom. The number of para-hydroxylation sites is 1. The summed E-state index contributed by atoms with van der Waals surface area (Å²) in [4.78, 5) is 18.2. The lowest BCUT2D eigenvalue weighted by Gasteiger charge is -2.36. The summed E-state index contributed by atoms with van der Waals surface area (Å²) in [6, 6.07) is 9.80. The molecule has 0 bridgehead atoms. The molecule has 2 aliphatic rings. The molecule has 2 atom stereocenters. The monoisotopic (exact) mass is 408 g/mol. The number of aromatic nitrogens is 2. The Morgan fingerprint density at radius 3 is 2.87 bits per heavy atom. The predicted molar refractivity (Wildman–Crippen MR) is 113 cm³/mol. The second-order valence-electron chi connectivity index (χ2n) is 8.26. The van der Waals surface area contributed by atoms with Gasteiger partial charge in [-0.05, 0) is 37.0 Å². The van der Waals surface area contributed by atoms with Gasteiger partial charge in [-0.2, -0.15) is 0 Å². The van der Waals surface area contributed by atoms with Crippen LogP contribution in [-0.4, -0.2) is 21.0 Å². The van der Waals surface area contributed by atoms with Gasteiger partial charge in [-0.25, -0.2) is 9.37 Å². The molecule has 1 N–H and O–H groups in total. The number of rotatable bonds is 4. The number of ether oxygens (including phenoxy) is 1. The van der Waals surface area contributed by atoms with Gasteiger partial charge in [-0.15, -0.1) is 0 Å². The molecule has 6 heteroatoms. The second-order valence-corrected chi connectivity index (χ2v) is 8.26. The predicted octanol–water partition coefficient (Wildman–Crippen LogP) is 4.19. The lowest BCUT2D eigenvalue weighted by atomic mass is 9.85. The van der Waals surface area contributed by atoms with E-state index in [1.165, 1.54) is 5.56 Å². The van der Waals surface area contributed by atoms with Gasteiger partial charge in [-0.1, -0.05) is 38.5 Å². The standard InChI is InChI=1S/C24H25FN2O3/c1-3-5-8-14-15-9-6-7-10-19(15)26-21-16(14)12-27-20(21)11-18-17(22(27)28)13-30-23(25)24(18,29)4-2/h6-7,9-11,23,29H,3-5,8,12-13H2,1-2H3/t23-,24+/m1/s1. The SMILES string of the molecule is CCCCc1c2c(nc3ccccc13)-c1cc3c(c(=O)n1C2)CO[C@@H](F)[C@]3(O)CC. The number of alkyl halides is 1. The van der Waals surface area contributed by atoms with Crippen LogP contribution in [0.2, 0.25) is 0 Å². The first-order chi connectivity index (χ1) is 14.5. The summed E-state index contributed by atoms with van der Waals surface area (Å²) in [5.41, 5.74) is 3.19. The molecule has 0 saturated heterocycles. The van der Waals surface area contributed by atoms with Gasteiger partial charge >= 0.3 is 0 Å². The second kappa shape index (κ2) is 7.00. The third kappa shape index (κ3) is 2.60. The fraction of sp³-hybridized carbons (Fsp3) is 0.417. The molecule has 4 heterocycles. The summed E-state index contributed by atoms with van der Waals surface area (Å²) in [5, 5.41) is 12.1. The third-order valence-corrected chi connectivity index (χ3v) is 6.61. The molecule has 156 valence electrons. The van der Waals surface area contributed by atoms with Gasteiger partial charge < -0.3 is 14.4 Å². The number of hydrogen-bond acceptors (Lipinski definition) is 4. The van der Waals surface area contributed by atoms with E-state index < -0.39 is 12.0 Å². The number of aliphatic hydroxyl groups is 1. The van der Waals surface area contributed by atoms with Crippen molar-refractivity contribution in [3.05, 3.63) is 62.9 Å². The van der Waals surface area contributed by atoms with Crippen LogP contribution in [0.1, 0.15) is 55.4 Å². The van der Waals surface area contributed by atoms with Crippen LogP contribution in [-0.2, 0) is 29.9 Å². The van der Waals surface area contributed by atoms with Crippen LogP contribution in [0.5, 0.6) is 0 Å². The molecule has 3 aromatic rings.